The number of carbonyl (C=O) groups excluding carboxylic acids is 2. The Morgan fingerprint density at radius 3 is 2.38 bits per heavy atom. The molecular weight excluding hydrogens is 452 g/mol. The van der Waals surface area contributed by atoms with Gasteiger partial charge in [0.15, 0.2) is 22.2 Å². The van der Waals surface area contributed by atoms with E-state index in [4.69, 9.17) is 16.3 Å². The van der Waals surface area contributed by atoms with Gasteiger partial charge in [0, 0.05) is 17.1 Å². The second kappa shape index (κ2) is 7.97. The summed E-state index contributed by atoms with van der Waals surface area (Å²) in [7, 11) is -3.07. The van der Waals surface area contributed by atoms with Gasteiger partial charge in [0.25, 0.3) is 0 Å². The molecule has 7 nitrogen and oxygen atoms in total. The number of Topliss-reactive ketones (excluding diaryl/α,β-unsaturated/α-hetero) is 1. The van der Waals surface area contributed by atoms with Gasteiger partial charge in [-0.2, -0.15) is 5.10 Å². The molecule has 0 amide bonds. The molecule has 5 aliphatic rings. The number of rotatable bonds is 6. The fourth-order valence-electron chi connectivity index (χ4n) is 6.87. The molecule has 6 rings (SSSR count). The second-order valence-electron chi connectivity index (χ2n) is 10.4. The predicted molar refractivity (Wildman–Crippen MR) is 120 cm³/mol. The van der Waals surface area contributed by atoms with Crippen LogP contribution in [0.2, 0.25) is 5.15 Å². The third-order valence-corrected chi connectivity index (χ3v) is 10.1. The smallest absolute Gasteiger partial charge is 0.331 e. The lowest BCUT2D eigenvalue weighted by atomic mass is 9.48. The summed E-state index contributed by atoms with van der Waals surface area (Å²) in [6, 6.07) is -0.293. The van der Waals surface area contributed by atoms with Crippen LogP contribution in [0.5, 0.6) is 0 Å². The highest BCUT2D eigenvalue weighted by Gasteiger charge is 2.54. The summed E-state index contributed by atoms with van der Waals surface area (Å²) in [5, 5.41) is 4.68. The molecule has 1 aromatic heterocycles. The lowest BCUT2D eigenvalue weighted by Crippen LogP contribution is -2.51. The molecule has 0 N–H and O–H groups in total. The first-order valence-electron chi connectivity index (χ1n) is 11.5. The van der Waals surface area contributed by atoms with Crippen molar-refractivity contribution in [1.29, 1.82) is 0 Å². The zero-order chi connectivity index (χ0) is 22.7. The molecule has 9 heteroatoms. The number of esters is 1. The second-order valence-corrected chi connectivity index (χ2v) is 12.9. The number of hydrogen-bond donors (Lipinski definition) is 0. The zero-order valence-corrected chi connectivity index (χ0v) is 19.8. The highest BCUT2D eigenvalue weighted by Crippen LogP contribution is 2.60. The Morgan fingerprint density at radius 2 is 1.81 bits per heavy atom. The molecule has 2 heterocycles. The largest absolute Gasteiger partial charge is 0.455 e. The van der Waals surface area contributed by atoms with Crippen molar-refractivity contribution in [1.82, 2.24) is 9.78 Å². The summed E-state index contributed by atoms with van der Waals surface area (Å²) in [5.41, 5.74) is 0.884. The fourth-order valence-corrected chi connectivity index (χ4v) is 8.94. The lowest BCUT2D eigenvalue weighted by Gasteiger charge is -2.55. The monoisotopic (exact) mass is 480 g/mol. The van der Waals surface area contributed by atoms with Crippen molar-refractivity contribution in [3.8, 4) is 0 Å². The van der Waals surface area contributed by atoms with Crippen molar-refractivity contribution in [3.05, 3.63) is 22.5 Å². The Kier molecular flexibility index (Phi) is 5.52. The number of carbonyl (C=O) groups is 2. The molecular formula is C23H29ClN2O5S. The third kappa shape index (κ3) is 4.04. The third-order valence-electron chi connectivity index (χ3n) is 7.99. The standard InChI is InChI=1S/C23H29ClN2O5S/c1-14-19(22(24)26(25-14)18-4-5-32(29,30)13-18)2-3-21(28)31-12-20(27)23-9-15-6-16(10-23)8-17(7-15)11-23/h2-3,15-18H,4-13H2,1H3. The summed E-state index contributed by atoms with van der Waals surface area (Å²) < 4.78 is 30.4. The molecule has 1 saturated heterocycles. The van der Waals surface area contributed by atoms with Crippen LogP contribution in [0.15, 0.2) is 6.08 Å². The van der Waals surface area contributed by atoms with E-state index in [1.807, 2.05) is 0 Å². The molecule has 1 aromatic rings. The number of ketones is 1. The van der Waals surface area contributed by atoms with Gasteiger partial charge in [-0.15, -0.1) is 0 Å². The first-order chi connectivity index (χ1) is 15.1. The van der Waals surface area contributed by atoms with E-state index in [1.165, 1.54) is 36.1 Å². The molecule has 32 heavy (non-hydrogen) atoms. The molecule has 1 aliphatic heterocycles. The van der Waals surface area contributed by atoms with E-state index in [0.29, 0.717) is 40.6 Å². The molecule has 0 spiro atoms. The Hall–Kier alpha value is -1.67. The minimum Gasteiger partial charge on any atom is -0.455 e. The maximum absolute atomic E-state index is 13.0. The van der Waals surface area contributed by atoms with Crippen molar-refractivity contribution in [3.63, 3.8) is 0 Å². The minimum atomic E-state index is -3.07. The fraction of sp³-hybridized carbons (Fsp3) is 0.696. The number of aryl methyl sites for hydroxylation is 1. The molecule has 1 unspecified atom stereocenters. The van der Waals surface area contributed by atoms with Crippen LogP contribution in [0, 0.1) is 30.1 Å². The number of aromatic nitrogens is 2. The summed E-state index contributed by atoms with van der Waals surface area (Å²) >= 11 is 6.44. The topological polar surface area (TPSA) is 95.3 Å². The molecule has 4 bridgehead atoms. The Labute approximate surface area is 193 Å². The summed E-state index contributed by atoms with van der Waals surface area (Å²) in [6.07, 6.45) is 9.91. The molecule has 4 aliphatic carbocycles. The average Bonchev–Trinajstić information content (AvgIpc) is 3.21. The van der Waals surface area contributed by atoms with Gasteiger partial charge < -0.3 is 4.74 Å². The van der Waals surface area contributed by atoms with E-state index in [0.717, 1.165) is 19.3 Å². The van der Waals surface area contributed by atoms with Crippen LogP contribution in [-0.2, 0) is 24.2 Å². The van der Waals surface area contributed by atoms with Crippen molar-refractivity contribution in [2.75, 3.05) is 18.1 Å². The number of ether oxygens (including phenoxy) is 1. The van der Waals surface area contributed by atoms with Crippen molar-refractivity contribution in [2.24, 2.45) is 23.2 Å². The highest BCUT2D eigenvalue weighted by atomic mass is 35.5. The summed E-state index contributed by atoms with van der Waals surface area (Å²) in [6.45, 7) is 1.58. The maximum Gasteiger partial charge on any atom is 0.331 e. The van der Waals surface area contributed by atoms with Crippen LogP contribution in [-0.4, -0.2) is 48.1 Å². The number of hydrogen-bond acceptors (Lipinski definition) is 6. The van der Waals surface area contributed by atoms with E-state index in [2.05, 4.69) is 5.10 Å². The van der Waals surface area contributed by atoms with Gasteiger partial charge in [0.2, 0.25) is 0 Å². The van der Waals surface area contributed by atoms with E-state index in [1.54, 1.807) is 6.92 Å². The molecule has 4 saturated carbocycles. The van der Waals surface area contributed by atoms with Crippen molar-refractivity contribution >= 4 is 39.3 Å². The van der Waals surface area contributed by atoms with Crippen LogP contribution >= 0.6 is 11.6 Å². The van der Waals surface area contributed by atoms with Gasteiger partial charge in [0.05, 0.1) is 23.2 Å². The molecule has 0 radical (unpaired) electrons. The summed E-state index contributed by atoms with van der Waals surface area (Å²) in [5.74, 6) is 1.62. The van der Waals surface area contributed by atoms with Gasteiger partial charge in [-0.25, -0.2) is 17.9 Å². The van der Waals surface area contributed by atoms with Gasteiger partial charge >= 0.3 is 5.97 Å². The zero-order valence-electron chi connectivity index (χ0n) is 18.3. The Bertz CT molecular complexity index is 1050. The molecule has 0 aromatic carbocycles. The van der Waals surface area contributed by atoms with E-state index in [9.17, 15) is 18.0 Å². The van der Waals surface area contributed by atoms with E-state index >= 15 is 0 Å². The minimum absolute atomic E-state index is 0.0193. The van der Waals surface area contributed by atoms with Gasteiger partial charge in [-0.3, -0.25) is 4.79 Å². The van der Waals surface area contributed by atoms with Crippen molar-refractivity contribution in [2.45, 2.75) is 57.9 Å². The molecule has 5 fully saturated rings. The highest BCUT2D eigenvalue weighted by molar-refractivity contribution is 7.91. The molecule has 174 valence electrons. The molecule has 1 atom stereocenters. The number of nitrogens with zero attached hydrogens (tertiary/aromatic N) is 2. The van der Waals surface area contributed by atoms with E-state index < -0.39 is 15.8 Å². The van der Waals surface area contributed by atoms with Gasteiger partial charge in [-0.05, 0) is 75.7 Å². The first kappa shape index (κ1) is 22.1. The summed E-state index contributed by atoms with van der Waals surface area (Å²) in [4.78, 5) is 25.3. The lowest BCUT2D eigenvalue weighted by molar-refractivity contribution is -0.155. The Morgan fingerprint density at radius 1 is 1.19 bits per heavy atom. The van der Waals surface area contributed by atoms with Gasteiger partial charge in [-0.1, -0.05) is 11.6 Å². The maximum atomic E-state index is 13.0. The quantitative estimate of drug-likeness (QED) is 0.456. The first-order valence-corrected chi connectivity index (χ1v) is 13.7. The van der Waals surface area contributed by atoms with Gasteiger partial charge in [0.1, 0.15) is 5.15 Å². The van der Waals surface area contributed by atoms with Crippen LogP contribution in [0.4, 0.5) is 0 Å². The average molecular weight is 481 g/mol. The number of halogens is 1. The van der Waals surface area contributed by atoms with Crippen LogP contribution in [0.25, 0.3) is 6.08 Å². The Balaban J connectivity index is 1.21. The van der Waals surface area contributed by atoms with Crippen molar-refractivity contribution < 1.29 is 22.7 Å². The van der Waals surface area contributed by atoms with Crippen LogP contribution in [0.3, 0.4) is 0 Å². The SMILES string of the molecule is Cc1nn(C2CCS(=O)(=O)C2)c(Cl)c1C=CC(=O)OCC(=O)C12CC3CC(CC(C3)C1)C2. The van der Waals surface area contributed by atoms with E-state index in [-0.39, 0.29) is 35.4 Å². The van der Waals surface area contributed by atoms with Crippen LogP contribution < -0.4 is 0 Å². The predicted octanol–water partition coefficient (Wildman–Crippen LogP) is 3.55. The van der Waals surface area contributed by atoms with Crippen LogP contribution in [0.1, 0.15) is 62.2 Å². The number of sulfone groups is 1. The normalized spacial score (nSPS) is 34.9.